The first-order valence-electron chi connectivity index (χ1n) is 5.36. The zero-order valence-corrected chi connectivity index (χ0v) is 12.3. The first kappa shape index (κ1) is 14.0. The Hall–Kier alpha value is -1.39. The molecule has 5 heteroatoms. The summed E-state index contributed by atoms with van der Waals surface area (Å²) in [5.41, 5.74) is 0.249. The Balaban J connectivity index is 2.53. The van der Waals surface area contributed by atoms with Gasteiger partial charge in [-0.2, -0.15) is 0 Å². The van der Waals surface area contributed by atoms with E-state index in [1.54, 1.807) is 6.07 Å². The Morgan fingerprint density at radius 3 is 2.63 bits per heavy atom. The van der Waals surface area contributed by atoms with E-state index in [-0.39, 0.29) is 11.1 Å². The van der Waals surface area contributed by atoms with Gasteiger partial charge in [0.15, 0.2) is 5.78 Å². The molecule has 0 fully saturated rings. The fourth-order valence-electron chi connectivity index (χ4n) is 1.67. The first-order chi connectivity index (χ1) is 9.02. The molecular formula is C14H9BrClFO2. The summed E-state index contributed by atoms with van der Waals surface area (Å²) in [6.07, 6.45) is 0. The van der Waals surface area contributed by atoms with Crippen LogP contribution in [-0.4, -0.2) is 12.9 Å². The molecule has 0 unspecified atom stereocenters. The molecule has 2 aromatic carbocycles. The summed E-state index contributed by atoms with van der Waals surface area (Å²) < 4.78 is 19.4. The van der Waals surface area contributed by atoms with Gasteiger partial charge in [-0.05, 0) is 36.4 Å². The van der Waals surface area contributed by atoms with Gasteiger partial charge in [0.2, 0.25) is 0 Å². The SMILES string of the molecule is COc1cc(Cl)ccc1C(=O)c1cc(Br)ccc1F. The van der Waals surface area contributed by atoms with Crippen molar-refractivity contribution in [2.75, 3.05) is 7.11 Å². The highest BCUT2D eigenvalue weighted by atomic mass is 79.9. The van der Waals surface area contributed by atoms with Gasteiger partial charge >= 0.3 is 0 Å². The minimum Gasteiger partial charge on any atom is -0.496 e. The minimum absolute atomic E-state index is 0.0185. The van der Waals surface area contributed by atoms with Crippen LogP contribution in [0.2, 0.25) is 5.02 Å². The molecule has 0 spiro atoms. The predicted molar refractivity (Wildman–Crippen MR) is 75.5 cm³/mol. The molecule has 0 aliphatic rings. The van der Waals surface area contributed by atoms with Crippen LogP contribution in [0.1, 0.15) is 15.9 Å². The summed E-state index contributed by atoms with van der Waals surface area (Å²) in [4.78, 5) is 12.3. The number of ether oxygens (including phenoxy) is 1. The normalized spacial score (nSPS) is 10.3. The molecule has 0 aliphatic heterocycles. The van der Waals surface area contributed by atoms with Crippen LogP contribution in [0.5, 0.6) is 5.75 Å². The lowest BCUT2D eigenvalue weighted by molar-refractivity contribution is 0.103. The summed E-state index contributed by atoms with van der Waals surface area (Å²) in [6.45, 7) is 0. The van der Waals surface area contributed by atoms with Gasteiger partial charge in [-0.3, -0.25) is 4.79 Å². The van der Waals surface area contributed by atoms with Crippen molar-refractivity contribution < 1.29 is 13.9 Å². The Morgan fingerprint density at radius 1 is 1.21 bits per heavy atom. The quantitative estimate of drug-likeness (QED) is 0.768. The van der Waals surface area contributed by atoms with Gasteiger partial charge in [-0.1, -0.05) is 27.5 Å². The maximum absolute atomic E-state index is 13.7. The van der Waals surface area contributed by atoms with Crippen LogP contribution in [0.3, 0.4) is 0 Å². The van der Waals surface area contributed by atoms with E-state index < -0.39 is 11.6 Å². The second-order valence-electron chi connectivity index (χ2n) is 3.80. The molecule has 0 saturated heterocycles. The van der Waals surface area contributed by atoms with E-state index in [1.807, 2.05) is 0 Å². The molecule has 0 amide bonds. The van der Waals surface area contributed by atoms with E-state index in [2.05, 4.69) is 15.9 Å². The minimum atomic E-state index is -0.579. The third-order valence-corrected chi connectivity index (χ3v) is 3.31. The van der Waals surface area contributed by atoms with Gasteiger partial charge in [0.25, 0.3) is 0 Å². The zero-order valence-electron chi connectivity index (χ0n) is 9.91. The molecule has 19 heavy (non-hydrogen) atoms. The van der Waals surface area contributed by atoms with Crippen LogP contribution >= 0.6 is 27.5 Å². The van der Waals surface area contributed by atoms with E-state index in [9.17, 15) is 9.18 Å². The number of halogens is 3. The van der Waals surface area contributed by atoms with E-state index in [1.165, 1.54) is 37.4 Å². The molecule has 0 N–H and O–H groups in total. The molecule has 98 valence electrons. The topological polar surface area (TPSA) is 26.3 Å². The van der Waals surface area contributed by atoms with Crippen molar-refractivity contribution in [1.29, 1.82) is 0 Å². The monoisotopic (exact) mass is 342 g/mol. The van der Waals surface area contributed by atoms with Crippen LogP contribution in [0.25, 0.3) is 0 Å². The number of carbonyl (C=O) groups excluding carboxylic acids is 1. The summed E-state index contributed by atoms with van der Waals surface area (Å²) in [6, 6.07) is 8.80. The summed E-state index contributed by atoms with van der Waals surface area (Å²) in [5.74, 6) is -0.714. The first-order valence-corrected chi connectivity index (χ1v) is 6.53. The molecular weight excluding hydrogens is 335 g/mol. The standard InChI is InChI=1S/C14H9BrClFO2/c1-19-13-7-9(16)3-4-10(13)14(18)11-6-8(15)2-5-12(11)17/h2-7H,1H3. The van der Waals surface area contributed by atoms with Crippen LogP contribution in [0.4, 0.5) is 4.39 Å². The summed E-state index contributed by atoms with van der Waals surface area (Å²) in [7, 11) is 1.43. The average molecular weight is 344 g/mol. The number of benzene rings is 2. The summed E-state index contributed by atoms with van der Waals surface area (Å²) >= 11 is 9.04. The van der Waals surface area contributed by atoms with Crippen molar-refractivity contribution in [2.45, 2.75) is 0 Å². The van der Waals surface area contributed by atoms with Crippen molar-refractivity contribution in [2.24, 2.45) is 0 Å². The zero-order chi connectivity index (χ0) is 14.0. The Morgan fingerprint density at radius 2 is 1.95 bits per heavy atom. The Bertz CT molecular complexity index is 643. The molecule has 2 aromatic rings. The van der Waals surface area contributed by atoms with Crippen molar-refractivity contribution in [3.8, 4) is 5.75 Å². The molecule has 0 aromatic heterocycles. The van der Waals surface area contributed by atoms with E-state index in [4.69, 9.17) is 16.3 Å². The van der Waals surface area contributed by atoms with Crippen molar-refractivity contribution in [1.82, 2.24) is 0 Å². The molecule has 0 radical (unpaired) electrons. The largest absolute Gasteiger partial charge is 0.496 e. The number of hydrogen-bond acceptors (Lipinski definition) is 2. The van der Waals surface area contributed by atoms with Gasteiger partial charge in [0, 0.05) is 9.50 Å². The summed E-state index contributed by atoms with van der Waals surface area (Å²) in [5, 5.41) is 0.447. The molecule has 0 saturated carbocycles. The van der Waals surface area contributed by atoms with Gasteiger partial charge in [0.05, 0.1) is 18.2 Å². The maximum atomic E-state index is 13.7. The number of ketones is 1. The number of hydrogen-bond donors (Lipinski definition) is 0. The lowest BCUT2D eigenvalue weighted by atomic mass is 10.0. The van der Waals surface area contributed by atoms with Crippen molar-refractivity contribution in [3.05, 3.63) is 62.8 Å². The van der Waals surface area contributed by atoms with Crippen LogP contribution in [-0.2, 0) is 0 Å². The highest BCUT2D eigenvalue weighted by Gasteiger charge is 2.18. The fourth-order valence-corrected chi connectivity index (χ4v) is 2.19. The van der Waals surface area contributed by atoms with Crippen molar-refractivity contribution in [3.63, 3.8) is 0 Å². The predicted octanol–water partition coefficient (Wildman–Crippen LogP) is 4.48. The van der Waals surface area contributed by atoms with Gasteiger partial charge in [-0.25, -0.2) is 4.39 Å². The fraction of sp³-hybridized carbons (Fsp3) is 0.0714. The third kappa shape index (κ3) is 2.96. The molecule has 0 atom stereocenters. The Kier molecular flexibility index (Phi) is 4.22. The lowest BCUT2D eigenvalue weighted by Gasteiger charge is -2.09. The highest BCUT2D eigenvalue weighted by molar-refractivity contribution is 9.10. The second kappa shape index (κ2) is 5.72. The molecule has 2 nitrogen and oxygen atoms in total. The maximum Gasteiger partial charge on any atom is 0.199 e. The number of carbonyl (C=O) groups is 1. The molecule has 2 rings (SSSR count). The van der Waals surface area contributed by atoms with Crippen LogP contribution in [0.15, 0.2) is 40.9 Å². The average Bonchev–Trinajstić information content (AvgIpc) is 2.40. The molecule has 0 aliphatic carbocycles. The number of methoxy groups -OCH3 is 1. The van der Waals surface area contributed by atoms with Gasteiger partial charge in [0.1, 0.15) is 11.6 Å². The smallest absolute Gasteiger partial charge is 0.199 e. The van der Waals surface area contributed by atoms with Gasteiger partial charge < -0.3 is 4.74 Å². The van der Waals surface area contributed by atoms with E-state index in [0.717, 1.165) is 0 Å². The third-order valence-electron chi connectivity index (χ3n) is 2.58. The number of rotatable bonds is 3. The van der Waals surface area contributed by atoms with E-state index in [0.29, 0.717) is 15.2 Å². The van der Waals surface area contributed by atoms with E-state index >= 15 is 0 Å². The van der Waals surface area contributed by atoms with Crippen molar-refractivity contribution >= 4 is 33.3 Å². The Labute approximate surface area is 123 Å². The van der Waals surface area contributed by atoms with Crippen LogP contribution in [0, 0.1) is 5.82 Å². The molecule has 0 heterocycles. The van der Waals surface area contributed by atoms with Gasteiger partial charge in [-0.15, -0.1) is 0 Å². The second-order valence-corrected chi connectivity index (χ2v) is 5.15. The van der Waals surface area contributed by atoms with Crippen LogP contribution < -0.4 is 4.74 Å². The highest BCUT2D eigenvalue weighted by Crippen LogP contribution is 2.27. The lowest BCUT2D eigenvalue weighted by Crippen LogP contribution is -2.06. The molecule has 0 bridgehead atoms.